The second-order valence-corrected chi connectivity index (χ2v) is 3.77. The van der Waals surface area contributed by atoms with Crippen LogP contribution in [0.25, 0.3) is 0 Å². The van der Waals surface area contributed by atoms with Gasteiger partial charge in [0.05, 0.1) is 12.0 Å². The molecule has 0 aliphatic heterocycles. The Morgan fingerprint density at radius 2 is 1.92 bits per heavy atom. The van der Waals surface area contributed by atoms with Crippen LogP contribution in [-0.2, 0) is 4.79 Å². The molecule has 0 aromatic heterocycles. The Hall–Kier alpha value is -0.610. The Balaban J connectivity index is 2.53. The molecule has 0 bridgehead atoms. The second-order valence-electron chi connectivity index (χ2n) is 3.77. The van der Waals surface area contributed by atoms with Gasteiger partial charge in [-0.2, -0.15) is 0 Å². The van der Waals surface area contributed by atoms with E-state index in [2.05, 4.69) is 0 Å². The van der Waals surface area contributed by atoms with Crippen molar-refractivity contribution < 1.29 is 15.0 Å². The molecule has 0 saturated heterocycles. The molecule has 4 N–H and O–H groups in total. The predicted molar refractivity (Wildman–Crippen MR) is 48.2 cm³/mol. The van der Waals surface area contributed by atoms with E-state index >= 15 is 0 Å². The lowest BCUT2D eigenvalue weighted by molar-refractivity contribution is -0.143. The first-order chi connectivity index (χ1) is 6.11. The summed E-state index contributed by atoms with van der Waals surface area (Å²) in [4.78, 5) is 10.8. The topological polar surface area (TPSA) is 83.5 Å². The van der Waals surface area contributed by atoms with Crippen LogP contribution in [0.2, 0.25) is 0 Å². The molecule has 0 unspecified atom stereocenters. The van der Waals surface area contributed by atoms with Gasteiger partial charge in [-0.25, -0.2) is 0 Å². The maximum Gasteiger partial charge on any atom is 0.308 e. The third kappa shape index (κ3) is 2.97. The van der Waals surface area contributed by atoms with Gasteiger partial charge < -0.3 is 15.9 Å². The van der Waals surface area contributed by atoms with Crippen molar-refractivity contribution in [2.24, 2.45) is 11.7 Å². The van der Waals surface area contributed by atoms with Crippen molar-refractivity contribution in [3.63, 3.8) is 0 Å². The number of hydrogen-bond donors (Lipinski definition) is 3. The molecule has 1 aliphatic carbocycles. The molecule has 1 saturated carbocycles. The van der Waals surface area contributed by atoms with Crippen LogP contribution < -0.4 is 5.73 Å². The lowest BCUT2D eigenvalue weighted by Crippen LogP contribution is -2.37. The highest BCUT2D eigenvalue weighted by Gasteiger charge is 2.27. The normalized spacial score (nSPS) is 36.3. The Bertz CT molecular complexity index is 184. The minimum Gasteiger partial charge on any atom is -0.481 e. The van der Waals surface area contributed by atoms with Crippen LogP contribution in [0.1, 0.15) is 32.1 Å². The fourth-order valence-corrected chi connectivity index (χ4v) is 1.83. The molecular weight excluding hydrogens is 170 g/mol. The SMILES string of the molecule is N[C@@H]1CCC[C@H](O)CC[C@@H]1C(=O)O. The Kier molecular flexibility index (Phi) is 3.69. The predicted octanol–water partition coefficient (Wildman–Crippen LogP) is 0.339. The van der Waals surface area contributed by atoms with Crippen molar-refractivity contribution in [3.8, 4) is 0 Å². The summed E-state index contributed by atoms with van der Waals surface area (Å²) in [5, 5.41) is 18.2. The van der Waals surface area contributed by atoms with Crippen molar-refractivity contribution in [2.75, 3.05) is 0 Å². The first-order valence-electron chi connectivity index (χ1n) is 4.77. The first-order valence-corrected chi connectivity index (χ1v) is 4.77. The Morgan fingerprint density at radius 3 is 2.54 bits per heavy atom. The molecule has 1 rings (SSSR count). The van der Waals surface area contributed by atoms with E-state index in [0.717, 1.165) is 12.8 Å². The average Bonchev–Trinajstić information content (AvgIpc) is 2.01. The van der Waals surface area contributed by atoms with Gasteiger partial charge in [0.15, 0.2) is 0 Å². The highest BCUT2D eigenvalue weighted by Crippen LogP contribution is 2.22. The molecule has 0 aromatic rings. The van der Waals surface area contributed by atoms with E-state index in [0.29, 0.717) is 19.3 Å². The fraction of sp³-hybridized carbons (Fsp3) is 0.889. The molecule has 0 heterocycles. The molecule has 13 heavy (non-hydrogen) atoms. The van der Waals surface area contributed by atoms with Gasteiger partial charge in [-0.05, 0) is 32.1 Å². The van der Waals surface area contributed by atoms with E-state index in [9.17, 15) is 9.90 Å². The summed E-state index contributed by atoms with van der Waals surface area (Å²) in [6.45, 7) is 0. The van der Waals surface area contributed by atoms with Gasteiger partial charge in [0.2, 0.25) is 0 Å². The molecule has 0 aromatic carbocycles. The van der Waals surface area contributed by atoms with Gasteiger partial charge in [0, 0.05) is 6.04 Å². The summed E-state index contributed by atoms with van der Waals surface area (Å²) in [7, 11) is 0. The summed E-state index contributed by atoms with van der Waals surface area (Å²) < 4.78 is 0. The number of aliphatic carboxylic acids is 1. The van der Waals surface area contributed by atoms with E-state index in [-0.39, 0.29) is 12.1 Å². The number of carboxylic acids is 1. The van der Waals surface area contributed by atoms with Crippen LogP contribution >= 0.6 is 0 Å². The first kappa shape index (κ1) is 10.5. The van der Waals surface area contributed by atoms with Crippen molar-refractivity contribution in [1.82, 2.24) is 0 Å². The van der Waals surface area contributed by atoms with Gasteiger partial charge in [-0.1, -0.05) is 0 Å². The molecule has 4 heteroatoms. The summed E-state index contributed by atoms with van der Waals surface area (Å²) in [6, 6.07) is -0.245. The van der Waals surface area contributed by atoms with Gasteiger partial charge in [0.25, 0.3) is 0 Å². The Labute approximate surface area is 77.7 Å². The summed E-state index contributed by atoms with van der Waals surface area (Å²) in [6.07, 6.45) is 3.00. The smallest absolute Gasteiger partial charge is 0.308 e. The number of carboxylic acid groups (broad SMARTS) is 1. The van der Waals surface area contributed by atoms with E-state index < -0.39 is 11.9 Å². The van der Waals surface area contributed by atoms with Crippen molar-refractivity contribution in [3.05, 3.63) is 0 Å². The zero-order valence-electron chi connectivity index (χ0n) is 7.65. The lowest BCUT2D eigenvalue weighted by atomic mass is 9.86. The second kappa shape index (κ2) is 4.58. The maximum absolute atomic E-state index is 10.8. The highest BCUT2D eigenvalue weighted by atomic mass is 16.4. The van der Waals surface area contributed by atoms with Gasteiger partial charge in [0.1, 0.15) is 0 Å². The van der Waals surface area contributed by atoms with Crippen molar-refractivity contribution in [2.45, 2.75) is 44.2 Å². The molecule has 1 aliphatic rings. The van der Waals surface area contributed by atoms with E-state index in [4.69, 9.17) is 10.8 Å². The third-order valence-electron chi connectivity index (χ3n) is 2.72. The zero-order chi connectivity index (χ0) is 9.84. The van der Waals surface area contributed by atoms with E-state index in [1.807, 2.05) is 0 Å². The maximum atomic E-state index is 10.8. The molecule has 4 nitrogen and oxygen atoms in total. The summed E-state index contributed by atoms with van der Waals surface area (Å²) in [5.41, 5.74) is 5.73. The molecular formula is C9H17NO3. The molecule has 76 valence electrons. The van der Waals surface area contributed by atoms with Crippen LogP contribution in [0.15, 0.2) is 0 Å². The Morgan fingerprint density at radius 1 is 1.23 bits per heavy atom. The minimum atomic E-state index is -0.832. The van der Waals surface area contributed by atoms with Gasteiger partial charge in [-0.15, -0.1) is 0 Å². The van der Waals surface area contributed by atoms with Crippen LogP contribution in [-0.4, -0.2) is 28.3 Å². The third-order valence-corrected chi connectivity index (χ3v) is 2.72. The van der Waals surface area contributed by atoms with Crippen LogP contribution in [0.4, 0.5) is 0 Å². The molecule has 0 spiro atoms. The quantitative estimate of drug-likeness (QED) is 0.552. The minimum absolute atomic E-state index is 0.245. The van der Waals surface area contributed by atoms with Crippen molar-refractivity contribution in [1.29, 1.82) is 0 Å². The summed E-state index contributed by atoms with van der Waals surface area (Å²) >= 11 is 0. The van der Waals surface area contributed by atoms with Gasteiger partial charge >= 0.3 is 5.97 Å². The fourth-order valence-electron chi connectivity index (χ4n) is 1.83. The molecule has 0 radical (unpaired) electrons. The van der Waals surface area contributed by atoms with E-state index in [1.54, 1.807) is 0 Å². The largest absolute Gasteiger partial charge is 0.481 e. The lowest BCUT2D eigenvalue weighted by Gasteiger charge is -2.24. The molecule has 1 fully saturated rings. The standard InChI is InChI=1S/C9H17NO3/c10-8-3-1-2-6(11)4-5-7(8)9(12)13/h6-8,11H,1-5,10H2,(H,12,13)/t6-,7-,8+/m0/s1. The highest BCUT2D eigenvalue weighted by molar-refractivity contribution is 5.70. The number of aliphatic hydroxyl groups is 1. The van der Waals surface area contributed by atoms with E-state index in [1.165, 1.54) is 0 Å². The number of carbonyl (C=O) groups is 1. The van der Waals surface area contributed by atoms with Crippen LogP contribution in [0.5, 0.6) is 0 Å². The summed E-state index contributed by atoms with van der Waals surface area (Å²) in [5.74, 6) is -1.31. The van der Waals surface area contributed by atoms with Crippen LogP contribution in [0.3, 0.4) is 0 Å². The monoisotopic (exact) mass is 187 g/mol. The van der Waals surface area contributed by atoms with Crippen molar-refractivity contribution >= 4 is 5.97 Å². The number of aliphatic hydroxyl groups excluding tert-OH is 1. The molecule has 3 atom stereocenters. The number of rotatable bonds is 1. The average molecular weight is 187 g/mol. The number of nitrogens with two attached hydrogens (primary N) is 1. The number of hydrogen-bond acceptors (Lipinski definition) is 3. The molecule has 0 amide bonds. The van der Waals surface area contributed by atoms with Gasteiger partial charge in [-0.3, -0.25) is 4.79 Å². The van der Waals surface area contributed by atoms with Crippen LogP contribution in [0, 0.1) is 5.92 Å². The zero-order valence-corrected chi connectivity index (χ0v) is 7.65.